The first-order chi connectivity index (χ1) is 13.8. The van der Waals surface area contributed by atoms with Gasteiger partial charge in [-0.15, -0.1) is 0 Å². The van der Waals surface area contributed by atoms with Gasteiger partial charge >= 0.3 is 0 Å². The summed E-state index contributed by atoms with van der Waals surface area (Å²) in [7, 11) is 0. The summed E-state index contributed by atoms with van der Waals surface area (Å²) in [5.41, 5.74) is 0. The third-order valence-corrected chi connectivity index (χ3v) is 5.00. The molecule has 150 valence electrons. The van der Waals surface area contributed by atoms with Crippen LogP contribution in [0.4, 0.5) is 5.82 Å². The van der Waals surface area contributed by atoms with Crippen LogP contribution in [0.1, 0.15) is 0 Å². The molecule has 3 heterocycles. The smallest absolute Gasteiger partial charge is 0.161 e. The zero-order valence-electron chi connectivity index (χ0n) is 15.9. The molecule has 1 aromatic carbocycles. The first kappa shape index (κ1) is 19.0. The fourth-order valence-electron chi connectivity index (χ4n) is 3.53. The number of aliphatic hydroxyl groups is 1. The van der Waals surface area contributed by atoms with Crippen LogP contribution in [-0.2, 0) is 4.74 Å². The molecule has 0 radical (unpaired) electrons. The van der Waals surface area contributed by atoms with Crippen molar-refractivity contribution >= 4 is 5.82 Å². The van der Waals surface area contributed by atoms with Crippen molar-refractivity contribution in [3.8, 4) is 11.5 Å². The molecule has 1 fully saturated rings. The SMILES string of the molecule is O[C@H](COC[C@@H]1COc2ccccc2O1)CN1CCN(c2ccccn2)CC1. The summed E-state index contributed by atoms with van der Waals surface area (Å²) in [6.45, 7) is 5.41. The van der Waals surface area contributed by atoms with Gasteiger partial charge in [-0.3, -0.25) is 4.90 Å². The van der Waals surface area contributed by atoms with E-state index >= 15 is 0 Å². The van der Waals surface area contributed by atoms with Gasteiger partial charge in [-0.1, -0.05) is 18.2 Å². The second kappa shape index (κ2) is 9.23. The molecule has 0 aliphatic carbocycles. The van der Waals surface area contributed by atoms with Crippen molar-refractivity contribution < 1.29 is 19.3 Å². The standard InChI is InChI=1S/C21H27N3O4/c25-17(13-23-9-11-24(12-10-23)21-7-3-4-8-22-21)14-26-15-18-16-27-19-5-1-2-6-20(19)28-18/h1-8,17-18,25H,9-16H2/t17-,18+/m0/s1. The molecule has 0 bridgehead atoms. The van der Waals surface area contributed by atoms with E-state index < -0.39 is 6.10 Å². The van der Waals surface area contributed by atoms with Crippen molar-refractivity contribution in [2.75, 3.05) is 57.4 Å². The van der Waals surface area contributed by atoms with Crippen LogP contribution in [0, 0.1) is 0 Å². The quantitative estimate of drug-likeness (QED) is 0.773. The van der Waals surface area contributed by atoms with Crippen molar-refractivity contribution in [1.29, 1.82) is 0 Å². The molecule has 0 spiro atoms. The van der Waals surface area contributed by atoms with Gasteiger partial charge in [-0.25, -0.2) is 4.98 Å². The third kappa shape index (κ3) is 4.92. The lowest BCUT2D eigenvalue weighted by atomic mass is 10.2. The van der Waals surface area contributed by atoms with Gasteiger partial charge < -0.3 is 24.2 Å². The Morgan fingerprint density at radius 3 is 2.64 bits per heavy atom. The number of aromatic nitrogens is 1. The van der Waals surface area contributed by atoms with Gasteiger partial charge in [0.05, 0.1) is 19.3 Å². The van der Waals surface area contributed by atoms with Gasteiger partial charge in [-0.05, 0) is 24.3 Å². The molecule has 2 aliphatic rings. The van der Waals surface area contributed by atoms with Crippen LogP contribution in [0.15, 0.2) is 48.7 Å². The summed E-state index contributed by atoms with van der Waals surface area (Å²) in [4.78, 5) is 8.95. The Hall–Kier alpha value is -2.35. The van der Waals surface area contributed by atoms with E-state index in [1.807, 2.05) is 48.7 Å². The molecule has 2 aliphatic heterocycles. The monoisotopic (exact) mass is 385 g/mol. The number of rotatable bonds is 7. The number of hydrogen-bond donors (Lipinski definition) is 1. The molecular weight excluding hydrogens is 358 g/mol. The van der Waals surface area contributed by atoms with Crippen LogP contribution in [0.2, 0.25) is 0 Å². The van der Waals surface area contributed by atoms with Gasteiger partial charge in [0.2, 0.25) is 0 Å². The van der Waals surface area contributed by atoms with Crippen molar-refractivity contribution in [3.05, 3.63) is 48.7 Å². The van der Waals surface area contributed by atoms with Gasteiger partial charge in [0.1, 0.15) is 12.4 Å². The predicted molar refractivity (Wildman–Crippen MR) is 106 cm³/mol. The number of benzene rings is 1. The Balaban J connectivity index is 1.14. The number of piperazine rings is 1. The van der Waals surface area contributed by atoms with Crippen LogP contribution < -0.4 is 14.4 Å². The Morgan fingerprint density at radius 2 is 1.86 bits per heavy atom. The first-order valence-electron chi connectivity index (χ1n) is 9.80. The summed E-state index contributed by atoms with van der Waals surface area (Å²) in [6, 6.07) is 13.6. The Labute approximate surface area is 165 Å². The highest BCUT2D eigenvalue weighted by molar-refractivity contribution is 5.40. The largest absolute Gasteiger partial charge is 0.486 e. The van der Waals surface area contributed by atoms with E-state index in [0.717, 1.165) is 43.5 Å². The highest BCUT2D eigenvalue weighted by atomic mass is 16.6. The summed E-state index contributed by atoms with van der Waals surface area (Å²) in [6.07, 6.45) is 1.16. The molecule has 1 N–H and O–H groups in total. The summed E-state index contributed by atoms with van der Waals surface area (Å²) in [5.74, 6) is 2.53. The summed E-state index contributed by atoms with van der Waals surface area (Å²) in [5, 5.41) is 10.3. The number of para-hydroxylation sites is 2. The van der Waals surface area contributed by atoms with Gasteiger partial charge in [0, 0.05) is 38.9 Å². The highest BCUT2D eigenvalue weighted by Gasteiger charge is 2.22. The second-order valence-electron chi connectivity index (χ2n) is 7.16. The molecule has 0 amide bonds. The lowest BCUT2D eigenvalue weighted by Crippen LogP contribution is -2.49. The number of pyridine rings is 1. The van der Waals surface area contributed by atoms with Crippen LogP contribution in [-0.4, -0.2) is 79.7 Å². The van der Waals surface area contributed by atoms with E-state index in [2.05, 4.69) is 14.8 Å². The Kier molecular flexibility index (Phi) is 6.26. The maximum atomic E-state index is 10.3. The van der Waals surface area contributed by atoms with E-state index in [9.17, 15) is 5.11 Å². The minimum absolute atomic E-state index is 0.149. The molecule has 1 aromatic heterocycles. The van der Waals surface area contributed by atoms with Crippen molar-refractivity contribution in [3.63, 3.8) is 0 Å². The van der Waals surface area contributed by atoms with E-state index in [0.29, 0.717) is 26.4 Å². The number of fused-ring (bicyclic) bond motifs is 1. The van der Waals surface area contributed by atoms with E-state index in [1.54, 1.807) is 0 Å². The molecule has 7 nitrogen and oxygen atoms in total. The fraction of sp³-hybridized carbons (Fsp3) is 0.476. The number of β-amino-alcohol motifs (C(OH)–C–C–N with tert-alkyl or cyclic N) is 1. The van der Waals surface area contributed by atoms with Crippen molar-refractivity contribution in [2.45, 2.75) is 12.2 Å². The molecule has 1 saturated heterocycles. The van der Waals surface area contributed by atoms with Crippen molar-refractivity contribution in [2.24, 2.45) is 0 Å². The molecule has 2 atom stereocenters. The van der Waals surface area contributed by atoms with Crippen LogP contribution >= 0.6 is 0 Å². The van der Waals surface area contributed by atoms with Crippen LogP contribution in [0.3, 0.4) is 0 Å². The van der Waals surface area contributed by atoms with Crippen molar-refractivity contribution in [1.82, 2.24) is 9.88 Å². The first-order valence-corrected chi connectivity index (χ1v) is 9.80. The molecule has 4 rings (SSSR count). The van der Waals surface area contributed by atoms with E-state index in [4.69, 9.17) is 14.2 Å². The fourth-order valence-corrected chi connectivity index (χ4v) is 3.53. The average molecular weight is 385 g/mol. The molecule has 7 heteroatoms. The van der Waals surface area contributed by atoms with E-state index in [1.165, 1.54) is 0 Å². The average Bonchev–Trinajstić information content (AvgIpc) is 2.75. The molecule has 28 heavy (non-hydrogen) atoms. The maximum Gasteiger partial charge on any atom is 0.161 e. The number of aliphatic hydroxyl groups excluding tert-OH is 1. The Bertz CT molecular complexity index is 737. The zero-order valence-corrected chi connectivity index (χ0v) is 15.9. The molecule has 2 aromatic rings. The lowest BCUT2D eigenvalue weighted by molar-refractivity contribution is -0.0292. The minimum Gasteiger partial charge on any atom is -0.486 e. The molecular formula is C21H27N3O4. The highest BCUT2D eigenvalue weighted by Crippen LogP contribution is 2.30. The number of anilines is 1. The normalized spacial score (nSPS) is 20.8. The molecule has 0 saturated carbocycles. The van der Waals surface area contributed by atoms with Gasteiger partial charge in [-0.2, -0.15) is 0 Å². The van der Waals surface area contributed by atoms with Crippen LogP contribution in [0.5, 0.6) is 11.5 Å². The number of hydrogen-bond acceptors (Lipinski definition) is 7. The summed E-state index contributed by atoms with van der Waals surface area (Å²) >= 11 is 0. The van der Waals surface area contributed by atoms with Crippen LogP contribution in [0.25, 0.3) is 0 Å². The third-order valence-electron chi connectivity index (χ3n) is 5.00. The number of nitrogens with zero attached hydrogens (tertiary/aromatic N) is 3. The minimum atomic E-state index is -0.516. The number of ether oxygens (including phenoxy) is 3. The lowest BCUT2D eigenvalue weighted by Gasteiger charge is -2.36. The molecule has 0 unspecified atom stereocenters. The second-order valence-corrected chi connectivity index (χ2v) is 7.16. The topological polar surface area (TPSA) is 67.3 Å². The zero-order chi connectivity index (χ0) is 19.2. The van der Waals surface area contributed by atoms with Gasteiger partial charge in [0.15, 0.2) is 17.6 Å². The van der Waals surface area contributed by atoms with E-state index in [-0.39, 0.29) is 6.10 Å². The predicted octanol–water partition coefficient (Wildman–Crippen LogP) is 1.42. The summed E-state index contributed by atoms with van der Waals surface area (Å²) < 4.78 is 17.2. The maximum absolute atomic E-state index is 10.3. The van der Waals surface area contributed by atoms with Gasteiger partial charge in [0.25, 0.3) is 0 Å². The Morgan fingerprint density at radius 1 is 1.07 bits per heavy atom.